The normalized spacial score (nSPS) is 19.3. The van der Waals surface area contributed by atoms with Gasteiger partial charge in [-0.2, -0.15) is 5.10 Å². The Hall–Kier alpha value is -4.79. The van der Waals surface area contributed by atoms with Crippen LogP contribution in [0, 0.1) is 0 Å². The van der Waals surface area contributed by atoms with Gasteiger partial charge in [-0.25, -0.2) is 4.98 Å². The second-order valence-corrected chi connectivity index (χ2v) is 10.2. The second-order valence-electron chi connectivity index (χ2n) is 10.2. The molecule has 7 rings (SSSR count). The molecule has 196 valence electrons. The molecule has 3 heterocycles. The highest BCUT2D eigenvalue weighted by molar-refractivity contribution is 6.10. The van der Waals surface area contributed by atoms with E-state index in [0.717, 1.165) is 62.6 Å². The number of imidazole rings is 1. The van der Waals surface area contributed by atoms with Crippen LogP contribution in [-0.4, -0.2) is 39.4 Å². The molecule has 9 heteroatoms. The smallest absolute Gasteiger partial charge is 0.235 e. The topological polar surface area (TPSA) is 106 Å². The van der Waals surface area contributed by atoms with Crippen molar-refractivity contribution in [2.24, 2.45) is 7.05 Å². The summed E-state index contributed by atoms with van der Waals surface area (Å²) in [6, 6.07) is 18.0. The number of aromatic amines is 1. The standard InChI is InChI=1S/C30H28N6O3/c1-4-39-27-12-18(26-15-36(2)16-31-26)6-9-24(27)32-28-20-8-5-17(11-25(20)34-35-28)22-14-30(22)21-13-19(38-3)7-10-23(21)33-29(30)37/h5-13,15-16,22H,4,14H2,1-3H3,(H,33,37)(H2,32,34,35)/t22-,30-/m0/s1. The summed E-state index contributed by atoms with van der Waals surface area (Å²) in [7, 11) is 3.60. The van der Waals surface area contributed by atoms with Crippen molar-refractivity contribution in [1.82, 2.24) is 19.7 Å². The highest BCUT2D eigenvalue weighted by Gasteiger charge is 2.65. The van der Waals surface area contributed by atoms with Crippen LogP contribution in [0.15, 0.2) is 67.1 Å². The highest BCUT2D eigenvalue weighted by atomic mass is 16.5. The van der Waals surface area contributed by atoms with Gasteiger partial charge in [0.25, 0.3) is 0 Å². The van der Waals surface area contributed by atoms with E-state index in [1.54, 1.807) is 13.4 Å². The van der Waals surface area contributed by atoms with Crippen LogP contribution in [0.3, 0.4) is 0 Å². The number of hydrogen-bond acceptors (Lipinski definition) is 6. The lowest BCUT2D eigenvalue weighted by molar-refractivity contribution is -0.118. The van der Waals surface area contributed by atoms with Crippen LogP contribution in [-0.2, 0) is 17.3 Å². The lowest BCUT2D eigenvalue weighted by Crippen LogP contribution is -2.21. The predicted octanol–water partition coefficient (Wildman–Crippen LogP) is 5.49. The summed E-state index contributed by atoms with van der Waals surface area (Å²) in [5, 5.41) is 15.2. The number of hydrogen-bond donors (Lipinski definition) is 3. The average Bonchev–Trinajstić information content (AvgIpc) is 3.18. The van der Waals surface area contributed by atoms with E-state index in [-0.39, 0.29) is 11.8 Å². The minimum absolute atomic E-state index is 0.0559. The molecule has 2 atom stereocenters. The van der Waals surface area contributed by atoms with Gasteiger partial charge in [0.2, 0.25) is 5.91 Å². The number of carbonyl (C=O) groups is 1. The zero-order valence-corrected chi connectivity index (χ0v) is 21.9. The number of carbonyl (C=O) groups excluding carboxylic acids is 1. The van der Waals surface area contributed by atoms with Crippen molar-refractivity contribution in [2.45, 2.75) is 24.7 Å². The van der Waals surface area contributed by atoms with E-state index >= 15 is 0 Å². The molecular weight excluding hydrogens is 492 g/mol. The minimum atomic E-state index is -0.541. The first-order valence-corrected chi connectivity index (χ1v) is 13.0. The molecule has 1 spiro atoms. The molecule has 1 fully saturated rings. The third-order valence-corrected chi connectivity index (χ3v) is 7.85. The second kappa shape index (κ2) is 8.62. The van der Waals surface area contributed by atoms with E-state index in [1.807, 2.05) is 61.1 Å². The van der Waals surface area contributed by atoms with Crippen LogP contribution >= 0.6 is 0 Å². The molecular formula is C30H28N6O3. The zero-order valence-electron chi connectivity index (χ0n) is 21.9. The summed E-state index contributed by atoms with van der Waals surface area (Å²) in [6.45, 7) is 2.50. The molecule has 1 saturated carbocycles. The number of fused-ring (bicyclic) bond motifs is 3. The Labute approximate surface area is 225 Å². The number of nitrogens with one attached hydrogen (secondary N) is 3. The first-order chi connectivity index (χ1) is 19.0. The Morgan fingerprint density at radius 2 is 2.05 bits per heavy atom. The quantitative estimate of drug-likeness (QED) is 0.262. The molecule has 3 aromatic carbocycles. The van der Waals surface area contributed by atoms with E-state index in [4.69, 9.17) is 9.47 Å². The van der Waals surface area contributed by atoms with Gasteiger partial charge in [-0.05, 0) is 66.9 Å². The summed E-state index contributed by atoms with van der Waals surface area (Å²) in [5.74, 6) is 2.35. The number of aromatic nitrogens is 4. The molecule has 9 nitrogen and oxygen atoms in total. The lowest BCUT2D eigenvalue weighted by atomic mass is 9.91. The van der Waals surface area contributed by atoms with Crippen molar-refractivity contribution < 1.29 is 14.3 Å². The van der Waals surface area contributed by atoms with E-state index in [9.17, 15) is 4.79 Å². The van der Waals surface area contributed by atoms with Crippen LogP contribution in [0.2, 0.25) is 0 Å². The Balaban J connectivity index is 1.17. The van der Waals surface area contributed by atoms with Gasteiger partial charge in [-0.1, -0.05) is 12.1 Å². The molecule has 0 radical (unpaired) electrons. The van der Waals surface area contributed by atoms with Gasteiger partial charge in [-0.3, -0.25) is 9.89 Å². The van der Waals surface area contributed by atoms with Crippen LogP contribution in [0.4, 0.5) is 17.2 Å². The van der Waals surface area contributed by atoms with E-state index in [0.29, 0.717) is 12.4 Å². The summed E-state index contributed by atoms with van der Waals surface area (Å²) < 4.78 is 13.3. The Morgan fingerprint density at radius 1 is 1.15 bits per heavy atom. The molecule has 1 aliphatic heterocycles. The molecule has 2 aromatic heterocycles. The molecule has 2 aliphatic rings. The third kappa shape index (κ3) is 3.64. The number of nitrogens with zero attached hydrogens (tertiary/aromatic N) is 3. The van der Waals surface area contributed by atoms with Crippen LogP contribution < -0.4 is 20.1 Å². The summed E-state index contributed by atoms with van der Waals surface area (Å²) in [4.78, 5) is 17.5. The van der Waals surface area contributed by atoms with Gasteiger partial charge < -0.3 is 24.7 Å². The lowest BCUT2D eigenvalue weighted by Gasteiger charge is -2.13. The number of ether oxygens (including phenoxy) is 2. The fourth-order valence-electron chi connectivity index (χ4n) is 5.80. The maximum atomic E-state index is 13.1. The van der Waals surface area contributed by atoms with E-state index < -0.39 is 5.41 Å². The predicted molar refractivity (Wildman–Crippen MR) is 150 cm³/mol. The van der Waals surface area contributed by atoms with Gasteiger partial charge >= 0.3 is 0 Å². The van der Waals surface area contributed by atoms with Gasteiger partial charge in [0.05, 0.1) is 42.4 Å². The largest absolute Gasteiger partial charge is 0.497 e. The molecule has 0 bridgehead atoms. The molecule has 1 amide bonds. The Kier molecular flexibility index (Phi) is 5.16. The minimum Gasteiger partial charge on any atom is -0.497 e. The monoisotopic (exact) mass is 520 g/mol. The Bertz CT molecular complexity index is 1760. The first-order valence-electron chi connectivity index (χ1n) is 13.0. The van der Waals surface area contributed by atoms with Gasteiger partial charge in [0, 0.05) is 35.8 Å². The van der Waals surface area contributed by atoms with Crippen molar-refractivity contribution in [2.75, 3.05) is 24.4 Å². The van der Waals surface area contributed by atoms with Crippen molar-refractivity contribution in [3.63, 3.8) is 0 Å². The molecule has 1 aliphatic carbocycles. The fourth-order valence-corrected chi connectivity index (χ4v) is 5.80. The molecule has 0 saturated heterocycles. The maximum Gasteiger partial charge on any atom is 0.235 e. The maximum absolute atomic E-state index is 13.1. The summed E-state index contributed by atoms with van der Waals surface area (Å²) in [5.41, 5.74) is 6.05. The number of H-pyrrole nitrogens is 1. The molecule has 3 N–H and O–H groups in total. The first kappa shape index (κ1) is 23.3. The SMILES string of the molecule is CCOc1cc(-c2cn(C)cn2)ccc1Nc1n[nH]c2cc([C@@H]3C[C@@]34C(=O)Nc3ccc(OC)cc34)ccc12. The number of methoxy groups -OCH3 is 1. The van der Waals surface area contributed by atoms with Crippen LogP contribution in [0.25, 0.3) is 22.2 Å². The van der Waals surface area contributed by atoms with Gasteiger partial charge in [0.1, 0.15) is 11.5 Å². The molecule has 39 heavy (non-hydrogen) atoms. The molecule has 0 unspecified atom stereocenters. The number of benzene rings is 3. The van der Waals surface area contributed by atoms with Crippen molar-refractivity contribution in [3.8, 4) is 22.8 Å². The summed E-state index contributed by atoms with van der Waals surface area (Å²) in [6.07, 6.45) is 4.53. The van der Waals surface area contributed by atoms with Crippen LogP contribution in [0.5, 0.6) is 11.5 Å². The van der Waals surface area contributed by atoms with E-state index in [1.165, 1.54) is 0 Å². The van der Waals surface area contributed by atoms with Crippen molar-refractivity contribution in [1.29, 1.82) is 0 Å². The van der Waals surface area contributed by atoms with E-state index in [2.05, 4.69) is 44.0 Å². The average molecular weight is 521 g/mol. The number of anilines is 3. The zero-order chi connectivity index (χ0) is 26.7. The Morgan fingerprint density at radius 3 is 2.85 bits per heavy atom. The third-order valence-electron chi connectivity index (χ3n) is 7.85. The van der Waals surface area contributed by atoms with Crippen molar-refractivity contribution in [3.05, 3.63) is 78.2 Å². The van der Waals surface area contributed by atoms with Gasteiger partial charge in [0.15, 0.2) is 5.82 Å². The summed E-state index contributed by atoms with van der Waals surface area (Å²) >= 11 is 0. The number of aryl methyl sites for hydroxylation is 1. The fraction of sp³-hybridized carbons (Fsp3) is 0.233. The van der Waals surface area contributed by atoms with Crippen molar-refractivity contribution >= 4 is 34.0 Å². The number of rotatable bonds is 7. The number of amides is 1. The highest BCUT2D eigenvalue weighted by Crippen LogP contribution is 2.65. The van der Waals surface area contributed by atoms with Crippen LogP contribution in [0.1, 0.15) is 30.4 Å². The molecule has 5 aromatic rings. The van der Waals surface area contributed by atoms with Gasteiger partial charge in [-0.15, -0.1) is 0 Å².